The molecule has 0 aliphatic rings. The van der Waals surface area contributed by atoms with Gasteiger partial charge in [0.1, 0.15) is 0 Å². The second-order valence-corrected chi connectivity index (χ2v) is 4.56. The van der Waals surface area contributed by atoms with Gasteiger partial charge in [-0.2, -0.15) is 5.10 Å². The fourth-order valence-electron chi connectivity index (χ4n) is 1.98. The molecule has 2 N–H and O–H groups in total. The van der Waals surface area contributed by atoms with Crippen LogP contribution in [-0.2, 0) is 0 Å². The van der Waals surface area contributed by atoms with Crippen molar-refractivity contribution >= 4 is 17.9 Å². The maximum atomic E-state index is 11.1. The van der Waals surface area contributed by atoms with E-state index in [0.717, 1.165) is 5.56 Å². The monoisotopic (exact) mass is 314 g/mol. The van der Waals surface area contributed by atoms with Gasteiger partial charge < -0.3 is 14.6 Å². The Morgan fingerprint density at radius 3 is 2.74 bits per heavy atom. The average molecular weight is 314 g/mol. The van der Waals surface area contributed by atoms with Crippen LogP contribution in [-0.4, -0.2) is 31.0 Å². The second kappa shape index (κ2) is 7.84. The highest BCUT2D eigenvalue weighted by Gasteiger charge is 2.08. The summed E-state index contributed by atoms with van der Waals surface area (Å²) in [5.74, 6) is 0.268. The topological polar surface area (TPSA) is 80.2 Å². The van der Waals surface area contributed by atoms with E-state index in [-0.39, 0.29) is 5.56 Å². The zero-order chi connectivity index (χ0) is 16.7. The van der Waals surface area contributed by atoms with Crippen molar-refractivity contribution in [1.82, 2.24) is 0 Å². The molecule has 6 heteroatoms. The molecule has 6 nitrogen and oxygen atoms in total. The molecule has 0 spiro atoms. The first-order chi connectivity index (χ1) is 11.2. The number of carboxylic acid groups (broad SMARTS) is 1. The summed E-state index contributed by atoms with van der Waals surface area (Å²) in [6.45, 7) is 2.45. The average Bonchev–Trinajstić information content (AvgIpc) is 2.56. The summed E-state index contributed by atoms with van der Waals surface area (Å²) < 4.78 is 10.7. The molecule has 0 fully saturated rings. The van der Waals surface area contributed by atoms with Gasteiger partial charge in [0.05, 0.1) is 31.2 Å². The van der Waals surface area contributed by atoms with Gasteiger partial charge in [-0.15, -0.1) is 0 Å². The van der Waals surface area contributed by atoms with Crippen molar-refractivity contribution < 1.29 is 19.4 Å². The summed E-state index contributed by atoms with van der Waals surface area (Å²) in [6, 6.07) is 12.0. The summed E-state index contributed by atoms with van der Waals surface area (Å²) >= 11 is 0. The molecular weight excluding hydrogens is 296 g/mol. The summed E-state index contributed by atoms with van der Waals surface area (Å²) in [5, 5.41) is 13.2. The van der Waals surface area contributed by atoms with Crippen LogP contribution in [0.3, 0.4) is 0 Å². The molecule has 2 rings (SSSR count). The van der Waals surface area contributed by atoms with E-state index in [2.05, 4.69) is 10.5 Å². The lowest BCUT2D eigenvalue weighted by Crippen LogP contribution is -2.02. The van der Waals surface area contributed by atoms with Crippen molar-refractivity contribution in [2.24, 2.45) is 5.10 Å². The minimum Gasteiger partial charge on any atom is -0.493 e. The maximum absolute atomic E-state index is 11.1. The maximum Gasteiger partial charge on any atom is 0.337 e. The van der Waals surface area contributed by atoms with Crippen LogP contribution in [0.1, 0.15) is 22.8 Å². The standard InChI is InChI=1S/C17H18N2O4/c1-3-23-15-9-8-12(10-16(15)22-2)11-18-19-14-7-5-4-6-13(14)17(20)21/h4-11,19H,3H2,1-2H3,(H,20,21)/b18-11+. The zero-order valence-corrected chi connectivity index (χ0v) is 12.9. The number of hydrogen-bond acceptors (Lipinski definition) is 5. The van der Waals surface area contributed by atoms with Gasteiger partial charge in [0.15, 0.2) is 11.5 Å². The van der Waals surface area contributed by atoms with E-state index in [4.69, 9.17) is 14.6 Å². The first kappa shape index (κ1) is 16.4. The SMILES string of the molecule is CCOc1ccc(/C=N/Nc2ccccc2C(=O)O)cc1OC. The van der Waals surface area contributed by atoms with E-state index in [1.165, 1.54) is 6.07 Å². The largest absolute Gasteiger partial charge is 0.493 e. The van der Waals surface area contributed by atoms with Crippen LogP contribution in [0.2, 0.25) is 0 Å². The third-order valence-corrected chi connectivity index (χ3v) is 3.04. The second-order valence-electron chi connectivity index (χ2n) is 4.56. The van der Waals surface area contributed by atoms with Gasteiger partial charge in [-0.25, -0.2) is 4.79 Å². The van der Waals surface area contributed by atoms with E-state index in [1.807, 2.05) is 13.0 Å². The van der Waals surface area contributed by atoms with Crippen molar-refractivity contribution in [3.63, 3.8) is 0 Å². The highest BCUT2D eigenvalue weighted by Crippen LogP contribution is 2.27. The quantitative estimate of drug-likeness (QED) is 0.606. The number of carboxylic acids is 1. The summed E-state index contributed by atoms with van der Waals surface area (Å²) in [6.07, 6.45) is 1.58. The molecule has 2 aromatic rings. The third-order valence-electron chi connectivity index (χ3n) is 3.04. The Bertz CT molecular complexity index is 713. The molecule has 0 bridgehead atoms. The van der Waals surface area contributed by atoms with Crippen LogP contribution >= 0.6 is 0 Å². The van der Waals surface area contributed by atoms with Gasteiger partial charge in [-0.05, 0) is 42.8 Å². The number of hydrazone groups is 1. The molecule has 0 aromatic heterocycles. The Kier molecular flexibility index (Phi) is 5.57. The van der Waals surface area contributed by atoms with Gasteiger partial charge in [0.2, 0.25) is 0 Å². The number of para-hydroxylation sites is 1. The molecule has 120 valence electrons. The number of rotatable bonds is 7. The van der Waals surface area contributed by atoms with E-state index < -0.39 is 5.97 Å². The molecule has 2 aromatic carbocycles. The number of anilines is 1. The van der Waals surface area contributed by atoms with E-state index in [1.54, 1.807) is 43.7 Å². The smallest absolute Gasteiger partial charge is 0.337 e. The molecule has 0 atom stereocenters. The zero-order valence-electron chi connectivity index (χ0n) is 12.9. The highest BCUT2D eigenvalue weighted by atomic mass is 16.5. The molecule has 0 aliphatic carbocycles. The van der Waals surface area contributed by atoms with Gasteiger partial charge in [0.25, 0.3) is 0 Å². The lowest BCUT2D eigenvalue weighted by atomic mass is 10.2. The summed E-state index contributed by atoms with van der Waals surface area (Å²) in [5.41, 5.74) is 4.12. The Balaban J connectivity index is 2.13. The van der Waals surface area contributed by atoms with Crippen molar-refractivity contribution in [3.05, 3.63) is 53.6 Å². The normalized spacial score (nSPS) is 10.5. The minimum atomic E-state index is -1.01. The number of benzene rings is 2. The number of hydrogen-bond donors (Lipinski definition) is 2. The third kappa shape index (κ3) is 4.23. The van der Waals surface area contributed by atoms with Crippen LogP contribution in [0, 0.1) is 0 Å². The number of nitrogens with zero attached hydrogens (tertiary/aromatic N) is 1. The van der Waals surface area contributed by atoms with Gasteiger partial charge >= 0.3 is 5.97 Å². The first-order valence-electron chi connectivity index (χ1n) is 7.08. The Hall–Kier alpha value is -3.02. The van der Waals surface area contributed by atoms with Crippen molar-refractivity contribution in [2.75, 3.05) is 19.1 Å². The van der Waals surface area contributed by atoms with Crippen LogP contribution in [0.25, 0.3) is 0 Å². The molecule has 0 amide bonds. The predicted molar refractivity (Wildman–Crippen MR) is 88.8 cm³/mol. The molecule has 0 heterocycles. The fourth-order valence-corrected chi connectivity index (χ4v) is 1.98. The Labute approximate surface area is 134 Å². The fraction of sp³-hybridized carbons (Fsp3) is 0.176. The molecule has 0 saturated carbocycles. The number of ether oxygens (including phenoxy) is 2. The lowest BCUT2D eigenvalue weighted by Gasteiger charge is -2.09. The Morgan fingerprint density at radius 2 is 2.04 bits per heavy atom. The molecule has 0 radical (unpaired) electrons. The summed E-state index contributed by atoms with van der Waals surface area (Å²) in [4.78, 5) is 11.1. The number of aromatic carboxylic acids is 1. The van der Waals surface area contributed by atoms with E-state index in [0.29, 0.717) is 23.8 Å². The van der Waals surface area contributed by atoms with E-state index >= 15 is 0 Å². The first-order valence-corrected chi connectivity index (χ1v) is 7.08. The molecular formula is C17H18N2O4. The van der Waals surface area contributed by atoms with Crippen molar-refractivity contribution in [1.29, 1.82) is 0 Å². The number of nitrogens with one attached hydrogen (secondary N) is 1. The molecule has 0 unspecified atom stereocenters. The Morgan fingerprint density at radius 1 is 1.26 bits per heavy atom. The van der Waals surface area contributed by atoms with Crippen LogP contribution < -0.4 is 14.9 Å². The molecule has 0 saturated heterocycles. The van der Waals surface area contributed by atoms with Crippen LogP contribution in [0.4, 0.5) is 5.69 Å². The van der Waals surface area contributed by atoms with Gasteiger partial charge in [-0.3, -0.25) is 5.43 Å². The van der Waals surface area contributed by atoms with Gasteiger partial charge in [0, 0.05) is 0 Å². The summed E-state index contributed by atoms with van der Waals surface area (Å²) in [7, 11) is 1.57. The predicted octanol–water partition coefficient (Wildman–Crippen LogP) is 3.24. The number of carbonyl (C=O) groups is 1. The van der Waals surface area contributed by atoms with Crippen LogP contribution in [0.5, 0.6) is 11.5 Å². The number of methoxy groups -OCH3 is 1. The van der Waals surface area contributed by atoms with E-state index in [9.17, 15) is 4.79 Å². The highest BCUT2D eigenvalue weighted by molar-refractivity contribution is 5.94. The van der Waals surface area contributed by atoms with Crippen molar-refractivity contribution in [2.45, 2.75) is 6.92 Å². The lowest BCUT2D eigenvalue weighted by molar-refractivity contribution is 0.0698. The van der Waals surface area contributed by atoms with Crippen LogP contribution in [0.15, 0.2) is 47.6 Å². The molecule has 0 aliphatic heterocycles. The van der Waals surface area contributed by atoms with Crippen molar-refractivity contribution in [3.8, 4) is 11.5 Å². The molecule has 23 heavy (non-hydrogen) atoms. The van der Waals surface area contributed by atoms with Gasteiger partial charge in [-0.1, -0.05) is 12.1 Å². The minimum absolute atomic E-state index is 0.161.